The molecule has 0 fully saturated rings. The predicted molar refractivity (Wildman–Crippen MR) is 43.9 cm³/mol. The molecule has 64 valence electrons. The van der Waals surface area contributed by atoms with Gasteiger partial charge in [-0.1, -0.05) is 6.08 Å². The molecule has 1 aliphatic rings. The summed E-state index contributed by atoms with van der Waals surface area (Å²) in [5.41, 5.74) is -0.140. The van der Waals surface area contributed by atoms with Crippen LogP contribution in [0.3, 0.4) is 0 Å². The number of hydrogen-bond acceptors (Lipinski definition) is 3. The zero-order valence-corrected chi connectivity index (χ0v) is 6.80. The lowest BCUT2D eigenvalue weighted by Crippen LogP contribution is -2.10. The Morgan fingerprint density at radius 2 is 2.00 bits per heavy atom. The van der Waals surface area contributed by atoms with E-state index in [2.05, 4.69) is 0 Å². The van der Waals surface area contributed by atoms with Gasteiger partial charge in [-0.3, -0.25) is 0 Å². The molecule has 0 radical (unpaired) electrons. The van der Waals surface area contributed by atoms with Gasteiger partial charge in [0.25, 0.3) is 0 Å². The Balaban J connectivity index is 3.08. The number of aliphatic carboxylic acids is 2. The summed E-state index contributed by atoms with van der Waals surface area (Å²) in [6.07, 6.45) is 2.95. The van der Waals surface area contributed by atoms with Crippen molar-refractivity contribution >= 4 is 23.7 Å². The maximum atomic E-state index is 10.5. The molecule has 1 aliphatic heterocycles. The first-order valence-electron chi connectivity index (χ1n) is 3.13. The summed E-state index contributed by atoms with van der Waals surface area (Å²) in [7, 11) is 0. The zero-order chi connectivity index (χ0) is 9.14. The van der Waals surface area contributed by atoms with Crippen LogP contribution in [0.5, 0.6) is 0 Å². The van der Waals surface area contributed by atoms with Gasteiger partial charge in [-0.05, 0) is 6.08 Å². The highest BCUT2D eigenvalue weighted by Gasteiger charge is 2.20. The van der Waals surface area contributed by atoms with Crippen molar-refractivity contribution in [1.29, 1.82) is 0 Å². The molecule has 0 unspecified atom stereocenters. The standard InChI is InChI=1S/C7H6O4S/c8-6(9)4-2-1-3-12-5(4)7(10)11/h1-2H,3H2,(H,8,9)(H,10,11). The third-order valence-corrected chi connectivity index (χ3v) is 2.32. The lowest BCUT2D eigenvalue weighted by molar-refractivity contribution is -0.135. The van der Waals surface area contributed by atoms with Gasteiger partial charge in [0.2, 0.25) is 0 Å². The number of hydrogen-bond donors (Lipinski definition) is 2. The highest BCUT2D eigenvalue weighted by molar-refractivity contribution is 8.04. The van der Waals surface area contributed by atoms with Gasteiger partial charge in [0.1, 0.15) is 4.91 Å². The van der Waals surface area contributed by atoms with Gasteiger partial charge in [0.05, 0.1) is 5.57 Å². The van der Waals surface area contributed by atoms with E-state index in [0.717, 1.165) is 11.8 Å². The molecule has 0 bridgehead atoms. The second-order valence-electron chi connectivity index (χ2n) is 2.07. The normalized spacial score (nSPS) is 16.3. The number of carboxylic acids is 2. The van der Waals surface area contributed by atoms with Gasteiger partial charge in [-0.2, -0.15) is 0 Å². The number of rotatable bonds is 2. The van der Waals surface area contributed by atoms with Crippen LogP contribution in [0, 0.1) is 0 Å². The largest absolute Gasteiger partial charge is 0.478 e. The Hall–Kier alpha value is -1.23. The first kappa shape index (κ1) is 8.86. The number of carboxylic acid groups (broad SMARTS) is 2. The molecule has 0 amide bonds. The Kier molecular flexibility index (Phi) is 2.54. The fraction of sp³-hybridized carbons (Fsp3) is 0.143. The lowest BCUT2D eigenvalue weighted by atomic mass is 10.2. The summed E-state index contributed by atoms with van der Waals surface area (Å²) in [4.78, 5) is 20.9. The van der Waals surface area contributed by atoms with Crippen molar-refractivity contribution in [3.05, 3.63) is 22.6 Å². The summed E-state index contributed by atoms with van der Waals surface area (Å²) in [5.74, 6) is -1.86. The molecule has 0 atom stereocenters. The van der Waals surface area contributed by atoms with Crippen molar-refractivity contribution in [2.75, 3.05) is 5.75 Å². The van der Waals surface area contributed by atoms with Crippen molar-refractivity contribution in [2.24, 2.45) is 0 Å². The van der Waals surface area contributed by atoms with Crippen molar-refractivity contribution in [1.82, 2.24) is 0 Å². The summed E-state index contributed by atoms with van der Waals surface area (Å²) in [6.45, 7) is 0. The molecule has 0 spiro atoms. The molecule has 2 N–H and O–H groups in total. The summed E-state index contributed by atoms with van der Waals surface area (Å²) in [5, 5.41) is 17.2. The quantitative estimate of drug-likeness (QED) is 0.664. The Labute approximate surface area is 72.6 Å². The van der Waals surface area contributed by atoms with Crippen molar-refractivity contribution in [2.45, 2.75) is 0 Å². The predicted octanol–water partition coefficient (Wildman–Crippen LogP) is 0.713. The van der Waals surface area contributed by atoms with Crippen molar-refractivity contribution in [3.63, 3.8) is 0 Å². The molecular formula is C7H6O4S. The summed E-state index contributed by atoms with van der Waals surface area (Å²) in [6, 6.07) is 0. The zero-order valence-electron chi connectivity index (χ0n) is 5.98. The Morgan fingerprint density at radius 3 is 2.42 bits per heavy atom. The van der Waals surface area contributed by atoms with Crippen LogP contribution < -0.4 is 0 Å². The van der Waals surface area contributed by atoms with E-state index >= 15 is 0 Å². The fourth-order valence-corrected chi connectivity index (χ4v) is 1.59. The first-order chi connectivity index (χ1) is 5.63. The van der Waals surface area contributed by atoms with Crippen LogP contribution in [-0.4, -0.2) is 27.9 Å². The number of thioether (sulfide) groups is 1. The van der Waals surface area contributed by atoms with E-state index in [9.17, 15) is 9.59 Å². The monoisotopic (exact) mass is 186 g/mol. The van der Waals surface area contributed by atoms with Gasteiger partial charge < -0.3 is 10.2 Å². The fourth-order valence-electron chi connectivity index (χ4n) is 0.796. The minimum atomic E-state index is -1.20. The maximum absolute atomic E-state index is 10.5. The first-order valence-corrected chi connectivity index (χ1v) is 4.11. The van der Waals surface area contributed by atoms with E-state index in [1.54, 1.807) is 6.08 Å². The Bertz CT molecular complexity index is 290. The SMILES string of the molecule is O=C(O)C1=C(C(=O)O)SCC=C1. The maximum Gasteiger partial charge on any atom is 0.343 e. The molecule has 0 saturated heterocycles. The van der Waals surface area contributed by atoms with Crippen LogP contribution in [0.15, 0.2) is 22.6 Å². The lowest BCUT2D eigenvalue weighted by Gasteiger charge is -2.07. The van der Waals surface area contributed by atoms with Crippen LogP contribution in [0.4, 0.5) is 0 Å². The van der Waals surface area contributed by atoms with Gasteiger partial charge in [-0.25, -0.2) is 9.59 Å². The third-order valence-electron chi connectivity index (χ3n) is 1.28. The second-order valence-corrected chi connectivity index (χ2v) is 3.10. The average molecular weight is 186 g/mol. The molecule has 12 heavy (non-hydrogen) atoms. The molecular weight excluding hydrogens is 180 g/mol. The smallest absolute Gasteiger partial charge is 0.343 e. The van der Waals surface area contributed by atoms with Crippen LogP contribution >= 0.6 is 11.8 Å². The highest BCUT2D eigenvalue weighted by atomic mass is 32.2. The third kappa shape index (κ3) is 1.68. The van der Waals surface area contributed by atoms with Gasteiger partial charge in [0.15, 0.2) is 0 Å². The van der Waals surface area contributed by atoms with E-state index in [4.69, 9.17) is 10.2 Å². The summed E-state index contributed by atoms with van der Waals surface area (Å²) < 4.78 is 0. The van der Waals surface area contributed by atoms with Gasteiger partial charge in [-0.15, -0.1) is 11.8 Å². The van der Waals surface area contributed by atoms with Crippen molar-refractivity contribution in [3.8, 4) is 0 Å². The van der Waals surface area contributed by atoms with E-state index in [-0.39, 0.29) is 10.5 Å². The molecule has 0 aromatic rings. The van der Waals surface area contributed by atoms with E-state index < -0.39 is 11.9 Å². The van der Waals surface area contributed by atoms with Crippen LogP contribution in [0.2, 0.25) is 0 Å². The minimum Gasteiger partial charge on any atom is -0.478 e. The minimum absolute atomic E-state index is 0.0926. The average Bonchev–Trinajstić information content (AvgIpc) is 2.04. The molecule has 1 heterocycles. The molecule has 0 aromatic heterocycles. The highest BCUT2D eigenvalue weighted by Crippen LogP contribution is 2.25. The molecule has 1 rings (SSSR count). The van der Waals surface area contributed by atoms with Crippen LogP contribution in [-0.2, 0) is 9.59 Å². The van der Waals surface area contributed by atoms with Crippen LogP contribution in [0.1, 0.15) is 0 Å². The molecule has 0 saturated carbocycles. The van der Waals surface area contributed by atoms with Gasteiger partial charge >= 0.3 is 11.9 Å². The van der Waals surface area contributed by atoms with E-state index in [1.807, 2.05) is 0 Å². The molecule has 4 nitrogen and oxygen atoms in total. The summed E-state index contributed by atoms with van der Waals surface area (Å²) >= 11 is 1.02. The molecule has 5 heteroatoms. The van der Waals surface area contributed by atoms with Gasteiger partial charge in [0, 0.05) is 5.75 Å². The van der Waals surface area contributed by atoms with E-state index in [0.29, 0.717) is 5.75 Å². The van der Waals surface area contributed by atoms with Crippen molar-refractivity contribution < 1.29 is 19.8 Å². The van der Waals surface area contributed by atoms with Crippen LogP contribution in [0.25, 0.3) is 0 Å². The molecule has 0 aliphatic carbocycles. The topological polar surface area (TPSA) is 74.6 Å². The number of carbonyl (C=O) groups is 2. The van der Waals surface area contributed by atoms with E-state index in [1.165, 1.54) is 6.08 Å². The Morgan fingerprint density at radius 1 is 1.33 bits per heavy atom. The molecule has 0 aromatic carbocycles. The second kappa shape index (κ2) is 3.44.